The van der Waals surface area contributed by atoms with Gasteiger partial charge >= 0.3 is 5.97 Å². The van der Waals surface area contributed by atoms with Crippen LogP contribution in [0.25, 0.3) is 0 Å². The molecule has 0 unspecified atom stereocenters. The van der Waals surface area contributed by atoms with Crippen LogP contribution in [-0.4, -0.2) is 21.0 Å². The third-order valence-corrected chi connectivity index (χ3v) is 3.44. The van der Waals surface area contributed by atoms with Crippen molar-refractivity contribution in [3.63, 3.8) is 0 Å². The number of hydrogen-bond donors (Lipinski definition) is 3. The summed E-state index contributed by atoms with van der Waals surface area (Å²) in [5.41, 5.74) is 1.47. The zero-order valence-electron chi connectivity index (χ0n) is 13.6. The molecular formula is C18H14F2N4O2. The van der Waals surface area contributed by atoms with Gasteiger partial charge in [0.1, 0.15) is 17.5 Å². The predicted molar refractivity (Wildman–Crippen MR) is 93.1 cm³/mol. The molecule has 0 spiro atoms. The standard InChI is InChI=1S/C18H14F2N4O2/c1-10-8-16(22-13-5-2-11(3-6-13)17(25)26)24-18(21-10)23-15-7-4-12(19)9-14(15)20/h2-9H,1H3,(H,25,26)(H2,21,22,23,24). The van der Waals surface area contributed by atoms with Crippen LogP contribution >= 0.6 is 0 Å². The Morgan fingerprint density at radius 2 is 1.73 bits per heavy atom. The second-order valence-electron chi connectivity index (χ2n) is 5.47. The highest BCUT2D eigenvalue weighted by molar-refractivity contribution is 5.88. The molecule has 1 heterocycles. The van der Waals surface area contributed by atoms with E-state index in [9.17, 15) is 13.6 Å². The highest BCUT2D eigenvalue weighted by Crippen LogP contribution is 2.21. The van der Waals surface area contributed by atoms with Crippen molar-refractivity contribution in [2.75, 3.05) is 10.6 Å². The molecule has 0 aliphatic heterocycles. The number of halogens is 2. The quantitative estimate of drug-likeness (QED) is 0.634. The Kier molecular flexibility index (Phi) is 4.74. The summed E-state index contributed by atoms with van der Waals surface area (Å²) < 4.78 is 26.8. The minimum atomic E-state index is -1.01. The Morgan fingerprint density at radius 3 is 2.38 bits per heavy atom. The fraction of sp³-hybridized carbons (Fsp3) is 0.0556. The lowest BCUT2D eigenvalue weighted by atomic mass is 10.2. The summed E-state index contributed by atoms with van der Waals surface area (Å²) in [6, 6.07) is 11.0. The van der Waals surface area contributed by atoms with Gasteiger partial charge in [-0.15, -0.1) is 0 Å². The lowest BCUT2D eigenvalue weighted by molar-refractivity contribution is 0.0697. The number of aromatic carboxylic acids is 1. The molecule has 3 N–H and O–H groups in total. The molecule has 0 saturated carbocycles. The molecule has 0 aliphatic carbocycles. The van der Waals surface area contributed by atoms with Crippen molar-refractivity contribution >= 4 is 29.1 Å². The van der Waals surface area contributed by atoms with Gasteiger partial charge in [0, 0.05) is 23.5 Å². The third kappa shape index (κ3) is 4.10. The van der Waals surface area contributed by atoms with Crippen LogP contribution in [0.3, 0.4) is 0 Å². The van der Waals surface area contributed by atoms with Crippen LogP contribution in [0.15, 0.2) is 48.5 Å². The van der Waals surface area contributed by atoms with Crippen molar-refractivity contribution in [1.29, 1.82) is 0 Å². The topological polar surface area (TPSA) is 87.1 Å². The first-order chi connectivity index (χ1) is 12.4. The van der Waals surface area contributed by atoms with Crippen LogP contribution in [0, 0.1) is 18.6 Å². The Labute approximate surface area is 147 Å². The highest BCUT2D eigenvalue weighted by atomic mass is 19.1. The van der Waals surface area contributed by atoms with E-state index < -0.39 is 17.6 Å². The van der Waals surface area contributed by atoms with Gasteiger partial charge in [-0.3, -0.25) is 0 Å². The Balaban J connectivity index is 1.82. The summed E-state index contributed by atoms with van der Waals surface area (Å²) >= 11 is 0. The monoisotopic (exact) mass is 356 g/mol. The SMILES string of the molecule is Cc1cc(Nc2ccc(C(=O)O)cc2)nc(Nc2ccc(F)cc2F)n1. The lowest BCUT2D eigenvalue weighted by Crippen LogP contribution is -2.04. The Hall–Kier alpha value is -3.55. The number of carboxylic acid groups (broad SMARTS) is 1. The molecule has 0 radical (unpaired) electrons. The first-order valence-electron chi connectivity index (χ1n) is 7.59. The van der Waals surface area contributed by atoms with Gasteiger partial charge in [0.25, 0.3) is 0 Å². The maximum Gasteiger partial charge on any atom is 0.335 e. The average Bonchev–Trinajstić information content (AvgIpc) is 2.57. The van der Waals surface area contributed by atoms with Gasteiger partial charge in [0.15, 0.2) is 0 Å². The van der Waals surface area contributed by atoms with Crippen molar-refractivity contribution in [2.24, 2.45) is 0 Å². The predicted octanol–water partition coefficient (Wildman–Crippen LogP) is 4.25. The number of hydrogen-bond acceptors (Lipinski definition) is 5. The lowest BCUT2D eigenvalue weighted by Gasteiger charge is -2.10. The van der Waals surface area contributed by atoms with Gasteiger partial charge in [-0.1, -0.05) is 0 Å². The van der Waals surface area contributed by atoms with Crippen LogP contribution in [0.2, 0.25) is 0 Å². The average molecular weight is 356 g/mol. The number of aryl methyl sites for hydroxylation is 1. The van der Waals surface area contributed by atoms with Crippen molar-refractivity contribution < 1.29 is 18.7 Å². The summed E-state index contributed by atoms with van der Waals surface area (Å²) in [4.78, 5) is 19.3. The fourth-order valence-corrected chi connectivity index (χ4v) is 2.24. The molecule has 0 fully saturated rings. The molecule has 8 heteroatoms. The molecule has 0 atom stereocenters. The van der Waals surface area contributed by atoms with Gasteiger partial charge in [-0.2, -0.15) is 4.98 Å². The number of carboxylic acids is 1. The molecule has 3 rings (SSSR count). The van der Waals surface area contributed by atoms with Crippen molar-refractivity contribution in [1.82, 2.24) is 9.97 Å². The molecule has 0 bridgehead atoms. The van der Waals surface area contributed by atoms with E-state index >= 15 is 0 Å². The van der Waals surface area contributed by atoms with Gasteiger partial charge in [-0.25, -0.2) is 18.6 Å². The zero-order chi connectivity index (χ0) is 18.7. The van der Waals surface area contributed by atoms with E-state index in [0.29, 0.717) is 17.2 Å². The number of nitrogens with one attached hydrogen (secondary N) is 2. The molecular weight excluding hydrogens is 342 g/mol. The molecule has 132 valence electrons. The van der Waals surface area contributed by atoms with E-state index in [1.165, 1.54) is 18.2 Å². The second-order valence-corrected chi connectivity index (χ2v) is 5.47. The van der Waals surface area contributed by atoms with Gasteiger partial charge in [0.05, 0.1) is 11.3 Å². The number of anilines is 4. The Morgan fingerprint density at radius 1 is 1.00 bits per heavy atom. The van der Waals surface area contributed by atoms with E-state index in [1.807, 2.05) is 0 Å². The highest BCUT2D eigenvalue weighted by Gasteiger charge is 2.08. The van der Waals surface area contributed by atoms with Crippen molar-refractivity contribution in [3.05, 3.63) is 71.4 Å². The minimum absolute atomic E-state index is 0.0498. The largest absolute Gasteiger partial charge is 0.478 e. The first-order valence-corrected chi connectivity index (χ1v) is 7.59. The van der Waals surface area contributed by atoms with Crippen LogP contribution in [0.1, 0.15) is 16.1 Å². The number of benzene rings is 2. The number of rotatable bonds is 5. The van der Waals surface area contributed by atoms with Crippen molar-refractivity contribution in [2.45, 2.75) is 6.92 Å². The first kappa shape index (κ1) is 17.3. The summed E-state index contributed by atoms with van der Waals surface area (Å²) in [7, 11) is 0. The zero-order valence-corrected chi connectivity index (χ0v) is 13.6. The minimum Gasteiger partial charge on any atom is -0.478 e. The van der Waals surface area contributed by atoms with Gasteiger partial charge in [0.2, 0.25) is 5.95 Å². The van der Waals surface area contributed by atoms with Gasteiger partial charge < -0.3 is 15.7 Å². The molecule has 0 saturated heterocycles. The second kappa shape index (κ2) is 7.14. The maximum absolute atomic E-state index is 13.8. The molecule has 6 nitrogen and oxygen atoms in total. The summed E-state index contributed by atoms with van der Waals surface area (Å²) in [6.07, 6.45) is 0. The van der Waals surface area contributed by atoms with Crippen LogP contribution in [-0.2, 0) is 0 Å². The van der Waals surface area contributed by atoms with Crippen LogP contribution < -0.4 is 10.6 Å². The van der Waals surface area contributed by atoms with Crippen molar-refractivity contribution in [3.8, 4) is 0 Å². The van der Waals surface area contributed by atoms with E-state index in [4.69, 9.17) is 5.11 Å². The van der Waals surface area contributed by atoms with Gasteiger partial charge in [-0.05, 0) is 43.3 Å². The number of carbonyl (C=O) groups is 1. The molecule has 26 heavy (non-hydrogen) atoms. The van der Waals surface area contributed by atoms with E-state index in [2.05, 4.69) is 20.6 Å². The molecule has 2 aromatic carbocycles. The number of aromatic nitrogens is 2. The van der Waals surface area contributed by atoms with Crippen LogP contribution in [0.5, 0.6) is 0 Å². The van der Waals surface area contributed by atoms with E-state index in [0.717, 1.165) is 12.1 Å². The molecule has 0 amide bonds. The fourth-order valence-electron chi connectivity index (χ4n) is 2.24. The summed E-state index contributed by atoms with van der Waals surface area (Å²) in [5, 5.41) is 14.6. The Bertz CT molecular complexity index is 962. The molecule has 3 aromatic rings. The maximum atomic E-state index is 13.8. The normalized spacial score (nSPS) is 10.4. The van der Waals surface area contributed by atoms with E-state index in [-0.39, 0.29) is 17.2 Å². The third-order valence-electron chi connectivity index (χ3n) is 3.44. The van der Waals surface area contributed by atoms with E-state index in [1.54, 1.807) is 25.1 Å². The molecule has 1 aromatic heterocycles. The van der Waals surface area contributed by atoms with Crippen LogP contribution in [0.4, 0.5) is 31.9 Å². The summed E-state index contributed by atoms with van der Waals surface area (Å²) in [5.74, 6) is -1.87. The molecule has 0 aliphatic rings. The smallest absolute Gasteiger partial charge is 0.335 e. The summed E-state index contributed by atoms with van der Waals surface area (Å²) in [6.45, 7) is 1.74. The number of nitrogens with zero attached hydrogens (tertiary/aromatic N) is 2.